The van der Waals surface area contributed by atoms with Gasteiger partial charge in [0.1, 0.15) is 6.10 Å². The van der Waals surface area contributed by atoms with Crippen LogP contribution in [0.4, 0.5) is 0 Å². The van der Waals surface area contributed by atoms with Crippen molar-refractivity contribution in [3.63, 3.8) is 0 Å². The van der Waals surface area contributed by atoms with Gasteiger partial charge in [-0.1, -0.05) is 30.1 Å². The molecule has 0 radical (unpaired) electrons. The van der Waals surface area contributed by atoms with E-state index < -0.39 is 18.2 Å². The Morgan fingerprint density at radius 1 is 1.32 bits per heavy atom. The number of rotatable bonds is 7. The fourth-order valence-electron chi connectivity index (χ4n) is 1.15. The molecule has 4 heteroatoms. The highest BCUT2D eigenvalue weighted by Gasteiger charge is 2.01. The molecule has 0 unspecified atom stereocenters. The molecule has 102 valence electrons. The highest BCUT2D eigenvalue weighted by molar-refractivity contribution is 5.66. The number of carbonyl (C=O) groups is 1. The first-order chi connectivity index (χ1) is 9.06. The molecule has 0 aliphatic carbocycles. The molecular formula is C15H18O4. The van der Waals surface area contributed by atoms with Gasteiger partial charge in [0.25, 0.3) is 0 Å². The summed E-state index contributed by atoms with van der Waals surface area (Å²) in [5.74, 6) is 6.65. The van der Waals surface area contributed by atoms with Crippen molar-refractivity contribution in [2.24, 2.45) is 0 Å². The molecule has 0 bridgehead atoms. The van der Waals surface area contributed by atoms with Gasteiger partial charge >= 0.3 is 5.97 Å². The van der Waals surface area contributed by atoms with Gasteiger partial charge < -0.3 is 15.3 Å². The monoisotopic (exact) mass is 262 g/mol. The number of aliphatic hydroxyl groups excluding tert-OH is 2. The van der Waals surface area contributed by atoms with Crippen LogP contribution in [0.15, 0.2) is 24.3 Å². The highest BCUT2D eigenvalue weighted by Crippen LogP contribution is 1.99. The average molecular weight is 262 g/mol. The topological polar surface area (TPSA) is 77.8 Å². The number of allylic oxidation sites excluding steroid dienone is 3. The third-order valence-corrected chi connectivity index (χ3v) is 2.07. The van der Waals surface area contributed by atoms with E-state index in [0.29, 0.717) is 12.8 Å². The van der Waals surface area contributed by atoms with Gasteiger partial charge in [-0.05, 0) is 18.9 Å². The molecular weight excluding hydrogens is 244 g/mol. The zero-order valence-electron chi connectivity index (χ0n) is 10.6. The lowest BCUT2D eigenvalue weighted by Gasteiger charge is -1.99. The third kappa shape index (κ3) is 12.2. The van der Waals surface area contributed by atoms with Crippen LogP contribution < -0.4 is 0 Å². The Hall–Kier alpha value is -2.01. The van der Waals surface area contributed by atoms with E-state index in [4.69, 9.17) is 11.5 Å². The molecule has 0 spiro atoms. The number of carboxylic acid groups (broad SMARTS) is 1. The Morgan fingerprint density at radius 2 is 2.05 bits per heavy atom. The van der Waals surface area contributed by atoms with Gasteiger partial charge in [0.05, 0.1) is 6.10 Å². The molecule has 4 nitrogen and oxygen atoms in total. The number of aliphatic hydroxyl groups is 2. The van der Waals surface area contributed by atoms with E-state index in [1.165, 1.54) is 6.08 Å². The van der Waals surface area contributed by atoms with E-state index in [1.54, 1.807) is 18.2 Å². The largest absolute Gasteiger partial charge is 0.481 e. The summed E-state index contributed by atoms with van der Waals surface area (Å²) >= 11 is 0. The molecule has 0 saturated carbocycles. The molecule has 0 aliphatic rings. The number of terminal acetylenes is 1. The molecule has 3 N–H and O–H groups in total. The van der Waals surface area contributed by atoms with Gasteiger partial charge in [-0.2, -0.15) is 0 Å². The minimum absolute atomic E-state index is 0.0321. The molecule has 2 atom stereocenters. The van der Waals surface area contributed by atoms with E-state index >= 15 is 0 Å². The lowest BCUT2D eigenvalue weighted by Crippen LogP contribution is -2.04. The fourth-order valence-corrected chi connectivity index (χ4v) is 1.15. The number of carboxylic acids is 1. The average Bonchev–Trinajstić information content (AvgIpc) is 2.33. The summed E-state index contributed by atoms with van der Waals surface area (Å²) < 4.78 is 0. The summed E-state index contributed by atoms with van der Waals surface area (Å²) in [7, 11) is 0. The Labute approximate surface area is 113 Å². The van der Waals surface area contributed by atoms with E-state index in [2.05, 4.69) is 17.8 Å². The normalized spacial score (nSPS) is 13.7. The summed E-state index contributed by atoms with van der Waals surface area (Å²) in [5, 5.41) is 27.1. The van der Waals surface area contributed by atoms with Crippen LogP contribution in [-0.2, 0) is 4.79 Å². The quantitative estimate of drug-likeness (QED) is 0.474. The second kappa shape index (κ2) is 11.1. The molecule has 0 fully saturated rings. The zero-order chi connectivity index (χ0) is 14.5. The van der Waals surface area contributed by atoms with Gasteiger partial charge in [0, 0.05) is 12.8 Å². The van der Waals surface area contributed by atoms with Crippen molar-refractivity contribution < 1.29 is 20.1 Å². The highest BCUT2D eigenvalue weighted by atomic mass is 16.4. The van der Waals surface area contributed by atoms with Gasteiger partial charge in [0.2, 0.25) is 0 Å². The van der Waals surface area contributed by atoms with Gasteiger partial charge in [-0.15, -0.1) is 12.3 Å². The minimum Gasteiger partial charge on any atom is -0.481 e. The second-order valence-corrected chi connectivity index (χ2v) is 3.81. The number of hydrogen-bond donors (Lipinski definition) is 3. The molecule has 0 saturated heterocycles. The maximum absolute atomic E-state index is 10.2. The minimum atomic E-state index is -0.879. The molecule has 0 rings (SSSR count). The second-order valence-electron chi connectivity index (χ2n) is 3.81. The van der Waals surface area contributed by atoms with Gasteiger partial charge in [-0.25, -0.2) is 0 Å². The van der Waals surface area contributed by atoms with Crippen LogP contribution in [0.2, 0.25) is 0 Å². The summed E-state index contributed by atoms with van der Waals surface area (Å²) in [6.45, 7) is 0. The first-order valence-corrected chi connectivity index (χ1v) is 5.92. The van der Waals surface area contributed by atoms with Crippen LogP contribution in [0, 0.1) is 24.2 Å². The predicted octanol–water partition coefficient (Wildman–Crippen LogP) is 1.10. The Kier molecular flexibility index (Phi) is 9.93. The van der Waals surface area contributed by atoms with Crippen molar-refractivity contribution >= 4 is 5.97 Å². The lowest BCUT2D eigenvalue weighted by molar-refractivity contribution is -0.137. The summed E-state index contributed by atoms with van der Waals surface area (Å²) in [5.41, 5.74) is 0. The van der Waals surface area contributed by atoms with Crippen LogP contribution in [-0.4, -0.2) is 33.5 Å². The molecule has 0 heterocycles. The Bertz CT molecular complexity index is 418. The summed E-state index contributed by atoms with van der Waals surface area (Å²) in [4.78, 5) is 10.2. The van der Waals surface area contributed by atoms with Crippen molar-refractivity contribution in [3.8, 4) is 24.2 Å². The Balaban J connectivity index is 3.89. The predicted molar refractivity (Wildman–Crippen MR) is 73.0 cm³/mol. The lowest BCUT2D eigenvalue weighted by atomic mass is 10.1. The van der Waals surface area contributed by atoms with E-state index in [9.17, 15) is 15.0 Å². The maximum atomic E-state index is 10.2. The van der Waals surface area contributed by atoms with Gasteiger partial charge in [-0.3, -0.25) is 4.79 Å². The Morgan fingerprint density at radius 3 is 2.68 bits per heavy atom. The van der Waals surface area contributed by atoms with Gasteiger partial charge in [0.15, 0.2) is 0 Å². The summed E-state index contributed by atoms with van der Waals surface area (Å²) in [6.07, 6.45) is 10.9. The summed E-state index contributed by atoms with van der Waals surface area (Å²) in [6, 6.07) is 0. The number of hydrogen-bond acceptors (Lipinski definition) is 3. The van der Waals surface area contributed by atoms with Crippen LogP contribution in [0.1, 0.15) is 25.7 Å². The third-order valence-electron chi connectivity index (χ3n) is 2.07. The smallest absolute Gasteiger partial charge is 0.303 e. The van der Waals surface area contributed by atoms with Crippen molar-refractivity contribution in [1.82, 2.24) is 0 Å². The molecule has 0 aromatic heterocycles. The standard InChI is InChI=1S/C15H18O4/c1-2-8-13(16)9-5-3-4-6-10-14(17)11-7-12-15(18)19/h1,3-5,9,13-14,16-17H,7-8,11-12H2,(H,18,19)/t13-,14-/m1/s1. The van der Waals surface area contributed by atoms with Crippen LogP contribution in [0.5, 0.6) is 0 Å². The van der Waals surface area contributed by atoms with E-state index in [1.807, 2.05) is 0 Å². The maximum Gasteiger partial charge on any atom is 0.303 e. The fraction of sp³-hybridized carbons (Fsp3) is 0.400. The van der Waals surface area contributed by atoms with E-state index in [0.717, 1.165) is 0 Å². The van der Waals surface area contributed by atoms with Crippen LogP contribution in [0.3, 0.4) is 0 Å². The first kappa shape index (κ1) is 17.0. The van der Waals surface area contributed by atoms with Crippen molar-refractivity contribution in [2.45, 2.75) is 37.9 Å². The molecule has 0 aromatic rings. The zero-order valence-corrected chi connectivity index (χ0v) is 10.6. The SMILES string of the molecule is C#CC[C@@H](O)C=CC=CC#C[C@@H](O)CCCC(=O)O. The van der Waals surface area contributed by atoms with Crippen LogP contribution in [0.25, 0.3) is 0 Å². The van der Waals surface area contributed by atoms with Crippen molar-refractivity contribution in [2.75, 3.05) is 0 Å². The van der Waals surface area contributed by atoms with Crippen molar-refractivity contribution in [3.05, 3.63) is 24.3 Å². The van der Waals surface area contributed by atoms with Crippen molar-refractivity contribution in [1.29, 1.82) is 0 Å². The molecule has 0 aliphatic heterocycles. The number of aliphatic carboxylic acids is 1. The van der Waals surface area contributed by atoms with Crippen LogP contribution >= 0.6 is 0 Å². The molecule has 0 aromatic carbocycles. The first-order valence-electron chi connectivity index (χ1n) is 5.92. The molecule has 0 amide bonds. The molecule has 19 heavy (non-hydrogen) atoms. The van der Waals surface area contributed by atoms with E-state index in [-0.39, 0.29) is 12.8 Å².